The first-order valence-electron chi connectivity index (χ1n) is 6.31. The minimum Gasteiger partial charge on any atom is -0.166 e. The summed E-state index contributed by atoms with van der Waals surface area (Å²) in [6.45, 7) is 0. The molecule has 3 rings (SSSR count). The van der Waals surface area contributed by atoms with Crippen molar-refractivity contribution in [2.75, 3.05) is 0 Å². The maximum Gasteiger partial charge on any atom is 0.417 e. The fraction of sp³-hybridized carbons (Fsp3) is 0.0588. The van der Waals surface area contributed by atoms with Crippen LogP contribution >= 0.6 is 11.6 Å². The van der Waals surface area contributed by atoms with Crippen LogP contribution in [-0.4, -0.2) is 0 Å². The van der Waals surface area contributed by atoms with E-state index in [0.717, 1.165) is 5.39 Å². The summed E-state index contributed by atoms with van der Waals surface area (Å²) in [6, 6.07) is 16.2. The minimum absolute atomic E-state index is 0.165. The molecule has 0 aliphatic carbocycles. The third-order valence-electron chi connectivity index (χ3n) is 3.35. The Morgan fingerprint density at radius 2 is 1.33 bits per heavy atom. The smallest absolute Gasteiger partial charge is 0.166 e. The Balaban J connectivity index is 2.30. The van der Waals surface area contributed by atoms with Gasteiger partial charge in [-0.3, -0.25) is 0 Å². The van der Waals surface area contributed by atoms with Crippen LogP contribution in [-0.2, 0) is 6.18 Å². The molecule has 21 heavy (non-hydrogen) atoms. The second-order valence-electron chi connectivity index (χ2n) is 4.75. The van der Waals surface area contributed by atoms with E-state index >= 15 is 0 Å². The van der Waals surface area contributed by atoms with E-state index in [4.69, 9.17) is 11.6 Å². The number of alkyl halides is 3. The quantitative estimate of drug-likeness (QED) is 0.503. The van der Waals surface area contributed by atoms with Crippen LogP contribution in [0.5, 0.6) is 0 Å². The summed E-state index contributed by atoms with van der Waals surface area (Å²) >= 11 is 5.80. The van der Waals surface area contributed by atoms with Gasteiger partial charge in [0, 0.05) is 5.02 Å². The van der Waals surface area contributed by atoms with Gasteiger partial charge in [0.2, 0.25) is 0 Å². The van der Waals surface area contributed by atoms with Crippen molar-refractivity contribution >= 4 is 22.4 Å². The van der Waals surface area contributed by atoms with E-state index in [1.54, 1.807) is 54.6 Å². The van der Waals surface area contributed by atoms with Gasteiger partial charge in [-0.1, -0.05) is 48.0 Å². The van der Waals surface area contributed by atoms with Crippen LogP contribution in [0.25, 0.3) is 21.9 Å². The molecular weight excluding hydrogens is 297 g/mol. The molecule has 0 unspecified atom stereocenters. The number of hydrogen-bond acceptors (Lipinski definition) is 0. The molecule has 0 N–H and O–H groups in total. The molecule has 0 fully saturated rings. The molecule has 3 aromatic rings. The SMILES string of the molecule is FC(F)(F)c1cc2ccccc2cc1-c1ccc(Cl)cc1. The lowest BCUT2D eigenvalue weighted by atomic mass is 9.95. The molecule has 0 radical (unpaired) electrons. The normalized spacial score (nSPS) is 11.8. The molecule has 0 saturated heterocycles. The van der Waals surface area contributed by atoms with Crippen LogP contribution in [0, 0.1) is 0 Å². The number of halogens is 4. The first-order chi connectivity index (χ1) is 9.95. The van der Waals surface area contributed by atoms with Crippen molar-refractivity contribution in [3.8, 4) is 11.1 Å². The molecule has 0 aliphatic heterocycles. The summed E-state index contributed by atoms with van der Waals surface area (Å²) in [7, 11) is 0. The predicted octanol–water partition coefficient (Wildman–Crippen LogP) is 6.18. The zero-order valence-electron chi connectivity index (χ0n) is 10.8. The molecule has 0 aliphatic rings. The van der Waals surface area contributed by atoms with Crippen LogP contribution in [0.3, 0.4) is 0 Å². The molecule has 106 valence electrons. The maximum absolute atomic E-state index is 13.3. The van der Waals surface area contributed by atoms with Crippen molar-refractivity contribution in [2.45, 2.75) is 6.18 Å². The third kappa shape index (κ3) is 2.74. The lowest BCUT2D eigenvalue weighted by Crippen LogP contribution is -2.07. The molecule has 0 saturated carbocycles. The number of benzene rings is 3. The van der Waals surface area contributed by atoms with Crippen molar-refractivity contribution in [2.24, 2.45) is 0 Å². The average Bonchev–Trinajstić information content (AvgIpc) is 2.46. The molecule has 0 nitrogen and oxygen atoms in total. The Kier molecular flexibility index (Phi) is 3.38. The van der Waals surface area contributed by atoms with Gasteiger partial charge in [-0.25, -0.2) is 0 Å². The van der Waals surface area contributed by atoms with Gasteiger partial charge in [0.05, 0.1) is 5.56 Å². The summed E-state index contributed by atoms with van der Waals surface area (Å²) in [4.78, 5) is 0. The van der Waals surface area contributed by atoms with Gasteiger partial charge in [-0.2, -0.15) is 13.2 Å². The van der Waals surface area contributed by atoms with Gasteiger partial charge in [0.25, 0.3) is 0 Å². The van der Waals surface area contributed by atoms with Crippen LogP contribution in [0.1, 0.15) is 5.56 Å². The first-order valence-corrected chi connectivity index (χ1v) is 6.69. The Morgan fingerprint density at radius 3 is 1.90 bits per heavy atom. The van der Waals surface area contributed by atoms with Crippen LogP contribution in [0.2, 0.25) is 5.02 Å². The van der Waals surface area contributed by atoms with E-state index in [-0.39, 0.29) is 5.56 Å². The Hall–Kier alpha value is -2.00. The fourth-order valence-corrected chi connectivity index (χ4v) is 2.47. The van der Waals surface area contributed by atoms with Crippen molar-refractivity contribution in [1.29, 1.82) is 0 Å². The van der Waals surface area contributed by atoms with Gasteiger partial charge >= 0.3 is 6.18 Å². The molecule has 0 aromatic heterocycles. The highest BCUT2D eigenvalue weighted by Crippen LogP contribution is 2.39. The summed E-state index contributed by atoms with van der Waals surface area (Å²) in [5.74, 6) is 0. The van der Waals surface area contributed by atoms with Gasteiger partial charge in [0.15, 0.2) is 0 Å². The number of fused-ring (bicyclic) bond motifs is 1. The molecule has 3 aromatic carbocycles. The van der Waals surface area contributed by atoms with E-state index in [9.17, 15) is 13.2 Å². The monoisotopic (exact) mass is 306 g/mol. The van der Waals surface area contributed by atoms with E-state index in [2.05, 4.69) is 0 Å². The second-order valence-corrected chi connectivity index (χ2v) is 5.19. The highest BCUT2D eigenvalue weighted by atomic mass is 35.5. The summed E-state index contributed by atoms with van der Waals surface area (Å²) < 4.78 is 39.9. The Morgan fingerprint density at radius 1 is 0.762 bits per heavy atom. The molecule has 0 atom stereocenters. The summed E-state index contributed by atoms with van der Waals surface area (Å²) in [6.07, 6.45) is -4.40. The van der Waals surface area contributed by atoms with Gasteiger partial charge in [-0.05, 0) is 46.2 Å². The van der Waals surface area contributed by atoms with Crippen LogP contribution in [0.4, 0.5) is 13.2 Å². The summed E-state index contributed by atoms with van der Waals surface area (Å²) in [5.41, 5.74) is 0.0267. The van der Waals surface area contributed by atoms with Crippen molar-refractivity contribution in [1.82, 2.24) is 0 Å². The molecular formula is C17H10ClF3. The Bertz CT molecular complexity index is 789. The van der Waals surface area contributed by atoms with Gasteiger partial charge in [0.1, 0.15) is 0 Å². The van der Waals surface area contributed by atoms with Gasteiger partial charge in [-0.15, -0.1) is 0 Å². The lowest BCUT2D eigenvalue weighted by Gasteiger charge is -2.15. The van der Waals surface area contributed by atoms with Crippen LogP contribution in [0.15, 0.2) is 60.7 Å². The molecule has 0 bridgehead atoms. The molecule has 4 heteroatoms. The van der Waals surface area contributed by atoms with E-state index in [1.807, 2.05) is 0 Å². The van der Waals surface area contributed by atoms with Crippen molar-refractivity contribution in [3.63, 3.8) is 0 Å². The lowest BCUT2D eigenvalue weighted by molar-refractivity contribution is -0.137. The highest BCUT2D eigenvalue weighted by molar-refractivity contribution is 6.30. The molecule has 0 heterocycles. The number of rotatable bonds is 1. The Labute approximate surface area is 124 Å². The molecule has 0 spiro atoms. The average molecular weight is 307 g/mol. The third-order valence-corrected chi connectivity index (χ3v) is 3.60. The topological polar surface area (TPSA) is 0 Å². The zero-order chi connectivity index (χ0) is 15.0. The standard InChI is InChI=1S/C17H10ClF3/c18-14-7-5-11(6-8-14)15-9-12-3-1-2-4-13(12)10-16(15)17(19,20)21/h1-10H. The fourth-order valence-electron chi connectivity index (χ4n) is 2.34. The highest BCUT2D eigenvalue weighted by Gasteiger charge is 2.33. The van der Waals surface area contributed by atoms with E-state index < -0.39 is 11.7 Å². The first kappa shape index (κ1) is 14.0. The van der Waals surface area contributed by atoms with E-state index in [0.29, 0.717) is 16.0 Å². The van der Waals surface area contributed by atoms with Gasteiger partial charge < -0.3 is 0 Å². The summed E-state index contributed by atoms with van der Waals surface area (Å²) in [5, 5.41) is 1.84. The number of hydrogen-bond donors (Lipinski definition) is 0. The van der Waals surface area contributed by atoms with E-state index in [1.165, 1.54) is 6.07 Å². The maximum atomic E-state index is 13.3. The largest absolute Gasteiger partial charge is 0.417 e. The van der Waals surface area contributed by atoms with Crippen LogP contribution < -0.4 is 0 Å². The molecule has 0 amide bonds. The predicted molar refractivity (Wildman–Crippen MR) is 79.4 cm³/mol. The van der Waals surface area contributed by atoms with Crippen molar-refractivity contribution in [3.05, 3.63) is 71.2 Å². The zero-order valence-corrected chi connectivity index (χ0v) is 11.5. The second kappa shape index (κ2) is 5.08. The van der Waals surface area contributed by atoms with Crippen molar-refractivity contribution < 1.29 is 13.2 Å². The minimum atomic E-state index is -4.40.